The molecule has 0 aromatic heterocycles. The van der Waals surface area contributed by atoms with Crippen LogP contribution >= 0.6 is 0 Å². The van der Waals surface area contributed by atoms with E-state index in [1.54, 1.807) is 24.3 Å². The highest BCUT2D eigenvalue weighted by Gasteiger charge is 2.24. The Morgan fingerprint density at radius 3 is 2.41 bits per heavy atom. The monoisotopic (exact) mass is 388 g/mol. The molecule has 2 aromatic carbocycles. The third-order valence-corrected chi connectivity index (χ3v) is 6.19. The molecule has 5 nitrogen and oxygen atoms in total. The lowest BCUT2D eigenvalue weighted by Gasteiger charge is -2.19. The van der Waals surface area contributed by atoms with Gasteiger partial charge in [-0.3, -0.25) is 0 Å². The van der Waals surface area contributed by atoms with Crippen LogP contribution in [-0.4, -0.2) is 34.2 Å². The average molecular weight is 389 g/mol. The van der Waals surface area contributed by atoms with Crippen LogP contribution in [-0.2, 0) is 10.0 Å². The summed E-state index contributed by atoms with van der Waals surface area (Å²) in [6.45, 7) is 8.23. The molecule has 1 unspecified atom stereocenters. The van der Waals surface area contributed by atoms with Gasteiger partial charge >= 0.3 is 0 Å². The topological polar surface area (TPSA) is 58.6 Å². The lowest BCUT2D eigenvalue weighted by molar-refractivity contribution is 0.242. The van der Waals surface area contributed by atoms with E-state index >= 15 is 0 Å². The number of ether oxygens (including phenoxy) is 1. The molecule has 2 aromatic rings. The van der Waals surface area contributed by atoms with Crippen LogP contribution in [0.15, 0.2) is 53.4 Å². The Labute approximate surface area is 162 Å². The van der Waals surface area contributed by atoms with Gasteiger partial charge in [0.25, 0.3) is 0 Å². The van der Waals surface area contributed by atoms with Crippen LogP contribution in [0.2, 0.25) is 0 Å². The number of anilines is 1. The van der Waals surface area contributed by atoms with Gasteiger partial charge in [-0.2, -0.15) is 0 Å². The van der Waals surface area contributed by atoms with Crippen molar-refractivity contribution in [3.05, 3.63) is 54.1 Å². The third-order valence-electron chi connectivity index (χ3n) is 4.75. The van der Waals surface area contributed by atoms with Gasteiger partial charge in [0.15, 0.2) is 0 Å². The minimum Gasteiger partial charge on any atom is -0.491 e. The maximum atomic E-state index is 12.5. The minimum absolute atomic E-state index is 0.0597. The molecule has 1 aliphatic rings. The molecular weight excluding hydrogens is 360 g/mol. The van der Waals surface area contributed by atoms with Crippen molar-refractivity contribution >= 4 is 15.7 Å². The van der Waals surface area contributed by atoms with Gasteiger partial charge in [-0.05, 0) is 69.5 Å². The average Bonchev–Trinajstić information content (AvgIpc) is 3.10. The Bertz CT molecular complexity index is 846. The first-order valence-corrected chi connectivity index (χ1v) is 10.9. The number of hydrogen-bond acceptors (Lipinski definition) is 4. The molecule has 0 aliphatic carbocycles. The molecule has 1 saturated heterocycles. The summed E-state index contributed by atoms with van der Waals surface area (Å²) in [4.78, 5) is 2.59. The Kier molecular flexibility index (Phi) is 6.07. The van der Waals surface area contributed by atoms with E-state index in [0.29, 0.717) is 18.2 Å². The van der Waals surface area contributed by atoms with Crippen molar-refractivity contribution in [3.63, 3.8) is 0 Å². The van der Waals surface area contributed by atoms with E-state index in [2.05, 4.69) is 40.8 Å². The molecule has 1 atom stereocenters. The van der Waals surface area contributed by atoms with Gasteiger partial charge in [0.05, 0.1) is 11.0 Å². The highest BCUT2D eigenvalue weighted by Crippen LogP contribution is 2.24. The molecule has 1 aliphatic heterocycles. The minimum atomic E-state index is -3.50. The van der Waals surface area contributed by atoms with E-state index in [-0.39, 0.29) is 11.0 Å². The fraction of sp³-hybridized carbons (Fsp3) is 0.429. The highest BCUT2D eigenvalue weighted by atomic mass is 32.2. The van der Waals surface area contributed by atoms with Gasteiger partial charge in [-0.25, -0.2) is 13.1 Å². The first-order chi connectivity index (χ1) is 12.8. The van der Waals surface area contributed by atoms with Crippen LogP contribution in [0, 0.1) is 12.8 Å². The maximum Gasteiger partial charge on any atom is 0.240 e. The molecule has 0 spiro atoms. The number of sulfonamides is 1. The second kappa shape index (κ2) is 8.31. The first kappa shape index (κ1) is 19.7. The van der Waals surface area contributed by atoms with Gasteiger partial charge in [-0.15, -0.1) is 0 Å². The van der Waals surface area contributed by atoms with Crippen LogP contribution in [0.1, 0.15) is 25.8 Å². The lowest BCUT2D eigenvalue weighted by Crippen LogP contribution is -2.31. The lowest BCUT2D eigenvalue weighted by atomic mass is 10.1. The predicted molar refractivity (Wildman–Crippen MR) is 109 cm³/mol. The number of nitrogens with one attached hydrogen (secondary N) is 1. The number of rotatable bonds is 7. The Morgan fingerprint density at radius 2 is 1.78 bits per heavy atom. The molecule has 0 amide bonds. The molecule has 146 valence electrons. The molecule has 3 rings (SSSR count). The van der Waals surface area contributed by atoms with E-state index in [1.165, 1.54) is 11.3 Å². The van der Waals surface area contributed by atoms with Crippen molar-refractivity contribution in [2.45, 2.75) is 38.2 Å². The summed E-state index contributed by atoms with van der Waals surface area (Å²) in [7, 11) is -3.50. The van der Waals surface area contributed by atoms with E-state index in [9.17, 15) is 8.42 Å². The van der Waals surface area contributed by atoms with Crippen molar-refractivity contribution in [3.8, 4) is 5.75 Å². The zero-order valence-electron chi connectivity index (χ0n) is 16.2. The van der Waals surface area contributed by atoms with Crippen LogP contribution in [0.5, 0.6) is 5.75 Å². The SMILES string of the molecule is Cc1ccc(N2CCC(CNS(=O)(=O)c3ccc(OC(C)C)cc3)C2)cc1. The van der Waals surface area contributed by atoms with Crippen molar-refractivity contribution in [1.82, 2.24) is 4.72 Å². The Hall–Kier alpha value is -2.05. The van der Waals surface area contributed by atoms with Gasteiger partial charge in [0.2, 0.25) is 10.0 Å². The van der Waals surface area contributed by atoms with Crippen LogP contribution in [0.25, 0.3) is 0 Å². The van der Waals surface area contributed by atoms with Crippen molar-refractivity contribution in [2.75, 3.05) is 24.5 Å². The quantitative estimate of drug-likeness (QED) is 0.788. The fourth-order valence-corrected chi connectivity index (χ4v) is 4.39. The standard InChI is InChI=1S/C21H28N2O3S/c1-16(2)26-20-8-10-21(11-9-20)27(24,25)22-14-18-12-13-23(15-18)19-6-4-17(3)5-7-19/h4-11,16,18,22H,12-15H2,1-3H3. The summed E-state index contributed by atoms with van der Waals surface area (Å²) in [6, 6.07) is 15.1. The maximum absolute atomic E-state index is 12.5. The number of aryl methyl sites for hydroxylation is 1. The van der Waals surface area contributed by atoms with E-state index < -0.39 is 10.0 Å². The fourth-order valence-electron chi connectivity index (χ4n) is 3.27. The largest absolute Gasteiger partial charge is 0.491 e. The molecule has 0 saturated carbocycles. The van der Waals surface area contributed by atoms with Gasteiger partial charge in [0, 0.05) is 25.3 Å². The molecular formula is C21H28N2O3S. The van der Waals surface area contributed by atoms with Gasteiger partial charge in [0.1, 0.15) is 5.75 Å². The van der Waals surface area contributed by atoms with E-state index in [1.807, 2.05) is 13.8 Å². The summed E-state index contributed by atoms with van der Waals surface area (Å²) in [5.41, 5.74) is 2.44. The van der Waals surface area contributed by atoms with Crippen LogP contribution < -0.4 is 14.4 Å². The number of hydrogen-bond donors (Lipinski definition) is 1. The second-order valence-corrected chi connectivity index (χ2v) is 9.19. The molecule has 0 bridgehead atoms. The predicted octanol–water partition coefficient (Wildman–Crippen LogP) is 3.59. The zero-order chi connectivity index (χ0) is 19.4. The van der Waals surface area contributed by atoms with Gasteiger partial charge < -0.3 is 9.64 Å². The van der Waals surface area contributed by atoms with Crippen molar-refractivity contribution in [1.29, 1.82) is 0 Å². The third kappa shape index (κ3) is 5.23. The molecule has 1 heterocycles. The summed E-state index contributed by atoms with van der Waals surface area (Å²) >= 11 is 0. The second-order valence-electron chi connectivity index (χ2n) is 7.43. The van der Waals surface area contributed by atoms with Crippen molar-refractivity contribution in [2.24, 2.45) is 5.92 Å². The Balaban J connectivity index is 1.55. The molecule has 27 heavy (non-hydrogen) atoms. The van der Waals surface area contributed by atoms with E-state index in [0.717, 1.165) is 19.5 Å². The van der Waals surface area contributed by atoms with E-state index in [4.69, 9.17) is 4.74 Å². The molecule has 1 N–H and O–H groups in total. The van der Waals surface area contributed by atoms with Crippen molar-refractivity contribution < 1.29 is 13.2 Å². The summed E-state index contributed by atoms with van der Waals surface area (Å²) in [5.74, 6) is 0.984. The normalized spacial score (nSPS) is 17.5. The first-order valence-electron chi connectivity index (χ1n) is 9.41. The molecule has 6 heteroatoms. The van der Waals surface area contributed by atoms with Crippen LogP contribution in [0.3, 0.4) is 0 Å². The number of nitrogens with zero attached hydrogens (tertiary/aromatic N) is 1. The zero-order valence-corrected chi connectivity index (χ0v) is 17.0. The molecule has 0 radical (unpaired) electrons. The highest BCUT2D eigenvalue weighted by molar-refractivity contribution is 7.89. The summed E-state index contributed by atoms with van der Waals surface area (Å²) in [6.07, 6.45) is 1.04. The summed E-state index contributed by atoms with van der Waals surface area (Å²) in [5, 5.41) is 0. The Morgan fingerprint density at radius 1 is 1.11 bits per heavy atom. The van der Waals surface area contributed by atoms with Crippen LogP contribution in [0.4, 0.5) is 5.69 Å². The molecule has 1 fully saturated rings. The number of benzene rings is 2. The van der Waals surface area contributed by atoms with Gasteiger partial charge in [-0.1, -0.05) is 17.7 Å². The summed E-state index contributed by atoms with van der Waals surface area (Å²) < 4.78 is 33.4. The smallest absolute Gasteiger partial charge is 0.240 e.